The number of fused-ring (bicyclic) bond motifs is 3. The molecule has 2 aliphatic heterocycles. The lowest BCUT2D eigenvalue weighted by molar-refractivity contribution is 0.0961. The lowest BCUT2D eigenvalue weighted by Crippen LogP contribution is -2.01. The van der Waals surface area contributed by atoms with Gasteiger partial charge in [-0.25, -0.2) is 0 Å². The molecule has 0 amide bonds. The minimum atomic E-state index is -0.268. The highest BCUT2D eigenvalue weighted by Crippen LogP contribution is 2.52. The Labute approximate surface area is 164 Å². The maximum absolute atomic E-state index is 12.7. The molecule has 8 heteroatoms. The Bertz CT molecular complexity index is 1170. The Balaban J connectivity index is 1.92. The van der Waals surface area contributed by atoms with Crippen LogP contribution < -0.4 is 23.7 Å². The van der Waals surface area contributed by atoms with Crippen molar-refractivity contribution in [2.45, 2.75) is 0 Å². The van der Waals surface area contributed by atoms with E-state index in [4.69, 9.17) is 23.7 Å². The van der Waals surface area contributed by atoms with Gasteiger partial charge in [0.25, 0.3) is 0 Å². The van der Waals surface area contributed by atoms with Crippen LogP contribution >= 0.6 is 0 Å². The largest absolute Gasteiger partial charge is 0.504 e. The first-order chi connectivity index (χ1) is 14.0. The van der Waals surface area contributed by atoms with Gasteiger partial charge in [-0.1, -0.05) is 0 Å². The van der Waals surface area contributed by atoms with Crippen molar-refractivity contribution in [2.24, 2.45) is 0 Å². The topological polar surface area (TPSA) is 104 Å². The summed E-state index contributed by atoms with van der Waals surface area (Å²) in [6, 6.07) is 6.56. The monoisotopic (exact) mass is 396 g/mol. The number of benzene rings is 3. The molecule has 0 bridgehead atoms. The van der Waals surface area contributed by atoms with Crippen molar-refractivity contribution in [3.05, 3.63) is 29.8 Å². The molecule has 3 aromatic carbocycles. The smallest absolute Gasteiger partial charge is 0.231 e. The van der Waals surface area contributed by atoms with E-state index in [9.17, 15) is 15.0 Å². The molecule has 0 spiro atoms. The van der Waals surface area contributed by atoms with E-state index < -0.39 is 0 Å². The normalized spacial score (nSPS) is 14.1. The second-order valence-electron chi connectivity index (χ2n) is 6.62. The van der Waals surface area contributed by atoms with Gasteiger partial charge in [-0.15, -0.1) is 0 Å². The maximum Gasteiger partial charge on any atom is 0.231 e. The predicted molar refractivity (Wildman–Crippen MR) is 102 cm³/mol. The summed E-state index contributed by atoms with van der Waals surface area (Å²) < 4.78 is 26.9. The summed E-state index contributed by atoms with van der Waals surface area (Å²) in [6.45, 7) is -0.108. The zero-order valence-electron chi connectivity index (χ0n) is 15.6. The fraction of sp³-hybridized carbons (Fsp3) is 0.190. The van der Waals surface area contributed by atoms with Gasteiger partial charge >= 0.3 is 0 Å². The highest BCUT2D eigenvalue weighted by molar-refractivity contribution is 6.18. The molecule has 0 saturated heterocycles. The Morgan fingerprint density at radius 2 is 1.45 bits per heavy atom. The Kier molecular flexibility index (Phi) is 3.64. The number of carbonyl (C=O) groups is 1. The molecule has 2 heterocycles. The van der Waals surface area contributed by atoms with E-state index in [0.717, 1.165) is 0 Å². The second kappa shape index (κ2) is 6.10. The molecule has 8 nitrogen and oxygen atoms in total. The summed E-state index contributed by atoms with van der Waals surface area (Å²) in [7, 11) is 2.84. The van der Waals surface area contributed by atoms with Gasteiger partial charge in [0.1, 0.15) is 0 Å². The summed E-state index contributed by atoms with van der Waals surface area (Å²) in [4.78, 5) is 12.7. The first-order valence-corrected chi connectivity index (χ1v) is 8.77. The first kappa shape index (κ1) is 17.3. The third-order valence-electron chi connectivity index (χ3n) is 5.12. The van der Waals surface area contributed by atoms with Crippen LogP contribution in [0, 0.1) is 0 Å². The summed E-state index contributed by atoms with van der Waals surface area (Å²) in [5, 5.41) is 22.1. The Hall–Kier alpha value is -3.81. The van der Waals surface area contributed by atoms with Crippen LogP contribution in [0.4, 0.5) is 0 Å². The van der Waals surface area contributed by atoms with Gasteiger partial charge in [0.05, 0.1) is 19.8 Å². The lowest BCUT2D eigenvalue weighted by atomic mass is 9.90. The molecule has 2 N–H and O–H groups in total. The van der Waals surface area contributed by atoms with Crippen molar-refractivity contribution in [1.82, 2.24) is 0 Å². The maximum atomic E-state index is 12.7. The average molecular weight is 396 g/mol. The molecule has 0 saturated carbocycles. The van der Waals surface area contributed by atoms with Crippen molar-refractivity contribution < 1.29 is 38.7 Å². The number of phenolic OH excluding ortho intramolecular Hbond substituents is 2. The zero-order chi connectivity index (χ0) is 20.3. The van der Waals surface area contributed by atoms with Crippen LogP contribution in [0.15, 0.2) is 24.3 Å². The number of ether oxygens (including phenoxy) is 5. The lowest BCUT2D eigenvalue weighted by Gasteiger charge is -2.16. The molecule has 2 aliphatic rings. The van der Waals surface area contributed by atoms with E-state index in [-0.39, 0.29) is 53.5 Å². The number of Topliss-reactive ketones (excluding diaryl/α,β-unsaturated/α-hetero) is 1. The van der Waals surface area contributed by atoms with Crippen LogP contribution in [0.5, 0.6) is 40.2 Å². The number of hydrogen-bond acceptors (Lipinski definition) is 8. The van der Waals surface area contributed by atoms with Crippen LogP contribution in [0.2, 0.25) is 0 Å². The highest BCUT2D eigenvalue weighted by atomic mass is 16.7. The van der Waals surface area contributed by atoms with E-state index in [1.54, 1.807) is 24.3 Å². The fourth-order valence-corrected chi connectivity index (χ4v) is 3.79. The zero-order valence-corrected chi connectivity index (χ0v) is 15.6. The molecule has 0 unspecified atom stereocenters. The van der Waals surface area contributed by atoms with Gasteiger partial charge in [0.15, 0.2) is 41.1 Å². The molecule has 148 valence electrons. The summed E-state index contributed by atoms with van der Waals surface area (Å²) in [6.07, 6.45) is 0. The van der Waals surface area contributed by atoms with Crippen LogP contribution in [-0.2, 0) is 0 Å². The summed E-state index contributed by atoms with van der Waals surface area (Å²) >= 11 is 0. The van der Waals surface area contributed by atoms with Gasteiger partial charge in [0.2, 0.25) is 18.3 Å². The number of methoxy groups -OCH3 is 2. The van der Waals surface area contributed by atoms with Crippen LogP contribution in [0.1, 0.15) is 10.4 Å². The number of hydrogen-bond donors (Lipinski definition) is 2. The van der Waals surface area contributed by atoms with Gasteiger partial charge in [0, 0.05) is 10.9 Å². The van der Waals surface area contributed by atoms with Crippen LogP contribution in [0.25, 0.3) is 21.9 Å². The number of phenols is 2. The van der Waals surface area contributed by atoms with Crippen molar-refractivity contribution in [3.8, 4) is 51.4 Å². The molecule has 0 atom stereocenters. The second-order valence-corrected chi connectivity index (χ2v) is 6.62. The molecule has 0 fully saturated rings. The van der Waals surface area contributed by atoms with E-state index in [2.05, 4.69) is 0 Å². The Morgan fingerprint density at radius 1 is 0.828 bits per heavy atom. The van der Waals surface area contributed by atoms with Gasteiger partial charge in [-0.05, 0) is 35.2 Å². The molecule has 0 aromatic heterocycles. The molecule has 3 aromatic rings. The first-order valence-electron chi connectivity index (χ1n) is 8.77. The van der Waals surface area contributed by atoms with Gasteiger partial charge in [-0.3, -0.25) is 4.79 Å². The van der Waals surface area contributed by atoms with E-state index >= 15 is 0 Å². The SMILES string of the molecule is COc1cc(-c2c3c(c(O)c4cc5c(cc24)OCO5)OCC3=O)cc(OC)c1O. The molecule has 5 rings (SSSR count). The summed E-state index contributed by atoms with van der Waals surface area (Å²) in [5.74, 6) is 0.909. The molecule has 0 aliphatic carbocycles. The minimum absolute atomic E-state index is 0.0672. The van der Waals surface area contributed by atoms with Gasteiger partial charge < -0.3 is 33.9 Å². The highest BCUT2D eigenvalue weighted by Gasteiger charge is 2.33. The van der Waals surface area contributed by atoms with Gasteiger partial charge in [-0.2, -0.15) is 0 Å². The summed E-state index contributed by atoms with van der Waals surface area (Å²) in [5.41, 5.74) is 1.32. The molecule has 29 heavy (non-hydrogen) atoms. The number of rotatable bonds is 3. The molecular formula is C21H16O8. The van der Waals surface area contributed by atoms with Crippen molar-refractivity contribution in [1.29, 1.82) is 0 Å². The van der Waals surface area contributed by atoms with Crippen LogP contribution in [0.3, 0.4) is 0 Å². The van der Waals surface area contributed by atoms with Crippen molar-refractivity contribution in [3.63, 3.8) is 0 Å². The quantitative estimate of drug-likeness (QED) is 0.695. The Morgan fingerprint density at radius 3 is 2.07 bits per heavy atom. The van der Waals surface area contributed by atoms with E-state index in [0.29, 0.717) is 33.4 Å². The number of ketones is 1. The van der Waals surface area contributed by atoms with Crippen molar-refractivity contribution in [2.75, 3.05) is 27.6 Å². The van der Waals surface area contributed by atoms with E-state index in [1.165, 1.54) is 14.2 Å². The average Bonchev–Trinajstić information content (AvgIpc) is 3.34. The third kappa shape index (κ3) is 2.35. The molecule has 0 radical (unpaired) electrons. The standard InChI is InChI=1S/C21H16O8/c1-25-15-3-9(4-16(26-2)20(15)24)17-10-5-13-14(29-8-28-13)6-11(10)19(23)21-18(17)12(22)7-27-21/h3-6,23-24H,7-8H2,1-2H3. The number of aromatic hydroxyl groups is 2. The molecular weight excluding hydrogens is 380 g/mol. The predicted octanol–water partition coefficient (Wildman–Crippen LogP) is 3.24. The fourth-order valence-electron chi connectivity index (χ4n) is 3.79. The minimum Gasteiger partial charge on any atom is -0.504 e. The number of carbonyl (C=O) groups excluding carboxylic acids is 1. The van der Waals surface area contributed by atoms with Crippen molar-refractivity contribution >= 4 is 16.6 Å². The van der Waals surface area contributed by atoms with Crippen LogP contribution in [-0.4, -0.2) is 43.6 Å². The third-order valence-corrected chi connectivity index (χ3v) is 5.12. The van der Waals surface area contributed by atoms with E-state index in [1.807, 2.05) is 0 Å².